The van der Waals surface area contributed by atoms with Crippen LogP contribution in [-0.4, -0.2) is 82.3 Å². The highest BCUT2D eigenvalue weighted by molar-refractivity contribution is 7.89. The molecule has 2 fully saturated rings. The molecular formula is C22H31N5O4S. The van der Waals surface area contributed by atoms with Crippen LogP contribution < -0.4 is 14.5 Å². The number of hydrogen-bond acceptors (Lipinski definition) is 8. The van der Waals surface area contributed by atoms with Gasteiger partial charge in [-0.05, 0) is 44.0 Å². The molecule has 0 N–H and O–H groups in total. The summed E-state index contributed by atoms with van der Waals surface area (Å²) in [5, 5.41) is 0. The molecule has 0 atom stereocenters. The maximum absolute atomic E-state index is 13.3. The number of piperazine rings is 1. The summed E-state index contributed by atoms with van der Waals surface area (Å²) in [7, 11) is -2.00. The molecule has 0 radical (unpaired) electrons. The van der Waals surface area contributed by atoms with Crippen LogP contribution in [0, 0.1) is 20.8 Å². The fourth-order valence-corrected chi connectivity index (χ4v) is 5.87. The lowest BCUT2D eigenvalue weighted by Gasteiger charge is -2.35. The van der Waals surface area contributed by atoms with Crippen molar-refractivity contribution in [1.82, 2.24) is 14.3 Å². The van der Waals surface area contributed by atoms with E-state index in [0.29, 0.717) is 61.5 Å². The van der Waals surface area contributed by atoms with E-state index in [-0.39, 0.29) is 0 Å². The zero-order valence-corrected chi connectivity index (χ0v) is 20.0. The maximum atomic E-state index is 13.3. The van der Waals surface area contributed by atoms with E-state index in [4.69, 9.17) is 14.5 Å². The summed E-state index contributed by atoms with van der Waals surface area (Å²) in [6.45, 7) is 10.5. The van der Waals surface area contributed by atoms with Crippen LogP contribution in [0.15, 0.2) is 23.1 Å². The molecule has 0 bridgehead atoms. The molecule has 0 saturated carbocycles. The first-order chi connectivity index (χ1) is 15.3. The average Bonchev–Trinajstić information content (AvgIpc) is 2.80. The molecule has 2 aliphatic heterocycles. The van der Waals surface area contributed by atoms with Gasteiger partial charge in [0.05, 0.1) is 25.2 Å². The molecule has 174 valence electrons. The van der Waals surface area contributed by atoms with Crippen LogP contribution >= 0.6 is 0 Å². The number of ether oxygens (including phenoxy) is 2. The van der Waals surface area contributed by atoms with E-state index in [1.165, 1.54) is 0 Å². The Morgan fingerprint density at radius 3 is 2.22 bits per heavy atom. The third-order valence-corrected chi connectivity index (χ3v) is 8.04. The minimum Gasteiger partial charge on any atom is -0.496 e. The second kappa shape index (κ2) is 9.21. The van der Waals surface area contributed by atoms with E-state index < -0.39 is 10.0 Å². The molecule has 2 aliphatic rings. The number of morpholine rings is 1. The molecule has 1 aromatic carbocycles. The number of sulfonamides is 1. The Kier molecular flexibility index (Phi) is 6.55. The van der Waals surface area contributed by atoms with Crippen LogP contribution in [0.25, 0.3) is 0 Å². The van der Waals surface area contributed by atoms with Gasteiger partial charge in [0.1, 0.15) is 11.6 Å². The lowest BCUT2D eigenvalue weighted by atomic mass is 10.1. The Labute approximate surface area is 190 Å². The highest BCUT2D eigenvalue weighted by Crippen LogP contribution is 2.29. The van der Waals surface area contributed by atoms with Crippen molar-refractivity contribution in [2.75, 3.05) is 69.4 Å². The zero-order valence-electron chi connectivity index (χ0n) is 19.2. The minimum absolute atomic E-state index is 0.339. The molecule has 0 unspecified atom stereocenters. The topological polar surface area (TPSA) is 88.1 Å². The van der Waals surface area contributed by atoms with Crippen molar-refractivity contribution in [2.45, 2.75) is 25.7 Å². The van der Waals surface area contributed by atoms with E-state index >= 15 is 0 Å². The number of methoxy groups -OCH3 is 1. The number of aromatic nitrogens is 2. The SMILES string of the molecule is COc1cc(C)c(S(=O)(=O)N2CCN(c3nc(C)cc(N4CCOCC4)n3)CC2)cc1C. The van der Waals surface area contributed by atoms with Crippen LogP contribution in [0.2, 0.25) is 0 Å². The van der Waals surface area contributed by atoms with E-state index in [2.05, 4.69) is 14.8 Å². The van der Waals surface area contributed by atoms with E-state index in [1.807, 2.05) is 19.9 Å². The first-order valence-corrected chi connectivity index (χ1v) is 12.3. The average molecular weight is 462 g/mol. The normalized spacial score (nSPS) is 18.1. The van der Waals surface area contributed by atoms with Gasteiger partial charge in [-0.1, -0.05) is 0 Å². The van der Waals surface area contributed by atoms with Crippen LogP contribution in [0.3, 0.4) is 0 Å². The van der Waals surface area contributed by atoms with Crippen LogP contribution in [0.4, 0.5) is 11.8 Å². The molecule has 1 aromatic heterocycles. The van der Waals surface area contributed by atoms with E-state index in [9.17, 15) is 8.42 Å². The highest BCUT2D eigenvalue weighted by Gasteiger charge is 2.31. The number of nitrogens with zero attached hydrogens (tertiary/aromatic N) is 5. The first-order valence-electron chi connectivity index (χ1n) is 10.9. The van der Waals surface area contributed by atoms with Gasteiger partial charge >= 0.3 is 0 Å². The Morgan fingerprint density at radius 2 is 1.56 bits per heavy atom. The quantitative estimate of drug-likeness (QED) is 0.666. The van der Waals surface area contributed by atoms with Crippen molar-refractivity contribution in [3.8, 4) is 5.75 Å². The second-order valence-electron chi connectivity index (χ2n) is 8.25. The zero-order chi connectivity index (χ0) is 22.9. The van der Waals surface area contributed by atoms with Gasteiger partial charge in [-0.2, -0.15) is 9.29 Å². The summed E-state index contributed by atoms with van der Waals surface area (Å²) in [6, 6.07) is 5.48. The Bertz CT molecular complexity index is 1080. The molecule has 9 nitrogen and oxygen atoms in total. The summed E-state index contributed by atoms with van der Waals surface area (Å²) in [4.78, 5) is 14.0. The third kappa shape index (κ3) is 4.53. The van der Waals surface area contributed by atoms with Gasteiger partial charge in [-0.25, -0.2) is 13.4 Å². The van der Waals surface area contributed by atoms with Gasteiger partial charge < -0.3 is 19.3 Å². The smallest absolute Gasteiger partial charge is 0.243 e. The number of aryl methyl sites for hydroxylation is 3. The summed E-state index contributed by atoms with van der Waals surface area (Å²) in [5.74, 6) is 2.24. The fraction of sp³-hybridized carbons (Fsp3) is 0.545. The Morgan fingerprint density at radius 1 is 0.875 bits per heavy atom. The van der Waals surface area contributed by atoms with Crippen molar-refractivity contribution in [3.63, 3.8) is 0 Å². The van der Waals surface area contributed by atoms with E-state index in [1.54, 1.807) is 30.5 Å². The number of hydrogen-bond donors (Lipinski definition) is 0. The van der Waals surface area contributed by atoms with Crippen molar-refractivity contribution in [2.24, 2.45) is 0 Å². The molecule has 0 amide bonds. The van der Waals surface area contributed by atoms with Gasteiger partial charge in [0, 0.05) is 51.0 Å². The highest BCUT2D eigenvalue weighted by atomic mass is 32.2. The largest absolute Gasteiger partial charge is 0.496 e. The predicted molar refractivity (Wildman–Crippen MR) is 123 cm³/mol. The maximum Gasteiger partial charge on any atom is 0.243 e. The number of benzene rings is 1. The lowest BCUT2D eigenvalue weighted by molar-refractivity contribution is 0.122. The molecule has 2 saturated heterocycles. The summed E-state index contributed by atoms with van der Waals surface area (Å²) in [5.41, 5.74) is 2.39. The molecule has 0 spiro atoms. The second-order valence-corrected chi connectivity index (χ2v) is 10.2. The lowest BCUT2D eigenvalue weighted by Crippen LogP contribution is -2.49. The van der Waals surface area contributed by atoms with Gasteiger partial charge in [0.25, 0.3) is 0 Å². The molecule has 32 heavy (non-hydrogen) atoms. The van der Waals surface area contributed by atoms with Crippen molar-refractivity contribution >= 4 is 21.8 Å². The Hall–Kier alpha value is -2.43. The van der Waals surface area contributed by atoms with Gasteiger partial charge in [0.2, 0.25) is 16.0 Å². The molecule has 4 rings (SSSR count). The van der Waals surface area contributed by atoms with Crippen LogP contribution in [0.1, 0.15) is 16.8 Å². The van der Waals surface area contributed by atoms with Crippen molar-refractivity contribution in [1.29, 1.82) is 0 Å². The standard InChI is InChI=1S/C22H31N5O4S/c1-16-14-20(17(2)13-19(16)30-4)32(28,29)27-7-5-26(6-8-27)22-23-18(3)15-21(24-22)25-9-11-31-12-10-25/h13-15H,5-12H2,1-4H3. The summed E-state index contributed by atoms with van der Waals surface area (Å²) in [6.07, 6.45) is 0. The van der Waals surface area contributed by atoms with Gasteiger partial charge in [-0.3, -0.25) is 0 Å². The molecule has 10 heteroatoms. The molecule has 3 heterocycles. The fourth-order valence-electron chi connectivity index (χ4n) is 4.16. The van der Waals surface area contributed by atoms with E-state index in [0.717, 1.165) is 30.2 Å². The first kappa shape index (κ1) is 22.8. The minimum atomic E-state index is -3.59. The van der Waals surface area contributed by atoms with Crippen LogP contribution in [-0.2, 0) is 14.8 Å². The summed E-state index contributed by atoms with van der Waals surface area (Å²) >= 11 is 0. The molecule has 2 aromatic rings. The van der Waals surface area contributed by atoms with Crippen LogP contribution in [0.5, 0.6) is 5.75 Å². The predicted octanol–water partition coefficient (Wildman–Crippen LogP) is 1.76. The molecular weight excluding hydrogens is 430 g/mol. The van der Waals surface area contributed by atoms with Gasteiger partial charge in [-0.15, -0.1) is 0 Å². The van der Waals surface area contributed by atoms with Crippen molar-refractivity contribution in [3.05, 3.63) is 35.0 Å². The molecule has 0 aliphatic carbocycles. The van der Waals surface area contributed by atoms with Gasteiger partial charge in [0.15, 0.2) is 0 Å². The Balaban J connectivity index is 1.50. The third-order valence-electron chi connectivity index (χ3n) is 6.00. The number of rotatable bonds is 5. The monoisotopic (exact) mass is 461 g/mol. The van der Waals surface area contributed by atoms with Crippen molar-refractivity contribution < 1.29 is 17.9 Å². The number of anilines is 2. The summed E-state index contributed by atoms with van der Waals surface area (Å²) < 4.78 is 39.0.